The zero-order chi connectivity index (χ0) is 12.9. The Balaban J connectivity index is 2.52. The van der Waals surface area contributed by atoms with Crippen molar-refractivity contribution in [2.24, 2.45) is 0 Å². The summed E-state index contributed by atoms with van der Waals surface area (Å²) in [4.78, 5) is 0. The molecular weight excluding hydrogens is 184 g/mol. The van der Waals surface area contributed by atoms with Crippen LogP contribution in [0.1, 0.15) is 15.2 Å². The smallest absolute Gasteiger partial charge is 0.138 e. The fraction of sp³-hybridized carbons (Fsp3) is 0.143. The van der Waals surface area contributed by atoms with Crippen molar-refractivity contribution >= 4 is 21.9 Å². The van der Waals surface area contributed by atoms with Crippen molar-refractivity contribution < 1.29 is 8.53 Å². The van der Waals surface area contributed by atoms with Crippen molar-refractivity contribution in [1.29, 1.82) is 0 Å². The predicted octanol–water partition coefficient (Wildman–Crippen LogP) is 4.20. The molecule has 0 aliphatic carbocycles. The predicted molar refractivity (Wildman–Crippen MR) is 63.2 cm³/mol. The quantitative estimate of drug-likeness (QED) is 0.528. The summed E-state index contributed by atoms with van der Waals surface area (Å²) in [6.45, 7) is -0.355. The molecule has 0 spiro atoms. The van der Waals surface area contributed by atoms with Gasteiger partial charge in [-0.25, -0.2) is 0 Å². The minimum absolute atomic E-state index is 0.316. The molecule has 0 unspecified atom stereocenters. The van der Waals surface area contributed by atoms with E-state index in [1.54, 1.807) is 6.92 Å². The number of hydrogen-bond donors (Lipinski definition) is 0. The van der Waals surface area contributed by atoms with Crippen molar-refractivity contribution in [1.82, 2.24) is 0 Å². The van der Waals surface area contributed by atoms with E-state index in [2.05, 4.69) is 0 Å². The van der Waals surface area contributed by atoms with Gasteiger partial charge in [0, 0.05) is 14.9 Å². The van der Waals surface area contributed by atoms with E-state index in [1.807, 2.05) is 36.4 Å². The molecule has 0 radical (unpaired) electrons. The third kappa shape index (κ3) is 1.09. The molecule has 1 nitrogen and oxygen atoms in total. The second-order valence-corrected chi connectivity index (χ2v) is 3.73. The van der Waals surface area contributed by atoms with Gasteiger partial charge < -0.3 is 4.42 Å². The van der Waals surface area contributed by atoms with Crippen molar-refractivity contribution in [2.45, 2.75) is 13.8 Å². The maximum atomic E-state index is 7.64. The van der Waals surface area contributed by atoms with Gasteiger partial charge in [-0.3, -0.25) is 0 Å². The first-order valence-electron chi connectivity index (χ1n) is 6.40. The minimum atomic E-state index is -2.16. The third-order valence-electron chi connectivity index (χ3n) is 2.76. The Morgan fingerprint density at radius 2 is 1.93 bits per heavy atom. The third-order valence-corrected chi connectivity index (χ3v) is 2.76. The van der Waals surface area contributed by atoms with Crippen molar-refractivity contribution in [3.05, 3.63) is 47.5 Å². The van der Waals surface area contributed by atoms with E-state index < -0.39 is 6.85 Å². The number of benzene rings is 2. The van der Waals surface area contributed by atoms with E-state index >= 15 is 0 Å². The Bertz CT molecular complexity index is 738. The topological polar surface area (TPSA) is 13.1 Å². The molecule has 3 aromatic rings. The van der Waals surface area contributed by atoms with Crippen LogP contribution in [0.3, 0.4) is 0 Å². The highest BCUT2D eigenvalue weighted by Gasteiger charge is 2.08. The van der Waals surface area contributed by atoms with Crippen LogP contribution in [-0.2, 0) is 0 Å². The van der Waals surface area contributed by atoms with Gasteiger partial charge in [-0.15, -0.1) is 0 Å². The van der Waals surface area contributed by atoms with E-state index in [-0.39, 0.29) is 0 Å². The molecule has 0 fully saturated rings. The lowest BCUT2D eigenvalue weighted by molar-refractivity contribution is 0.665. The molecule has 0 N–H and O–H groups in total. The SMILES string of the molecule is [2H]C([2H])([2H])c1c(C)ccc2c1oc1ccccc12. The van der Waals surface area contributed by atoms with Crippen LogP contribution < -0.4 is 0 Å². The van der Waals surface area contributed by atoms with Crippen LogP contribution in [0, 0.1) is 13.8 Å². The average molecular weight is 199 g/mol. The number of para-hydroxylation sites is 1. The number of furan rings is 1. The first-order chi connectivity index (χ1) is 8.48. The fourth-order valence-corrected chi connectivity index (χ4v) is 1.89. The normalized spacial score (nSPS) is 15.1. The molecule has 1 aromatic heterocycles. The fourth-order valence-electron chi connectivity index (χ4n) is 1.89. The summed E-state index contributed by atoms with van der Waals surface area (Å²) >= 11 is 0. The van der Waals surface area contributed by atoms with Crippen LogP contribution in [0.25, 0.3) is 21.9 Å². The number of aryl methyl sites for hydroxylation is 2. The maximum absolute atomic E-state index is 7.64. The number of hydrogen-bond acceptors (Lipinski definition) is 1. The lowest BCUT2D eigenvalue weighted by Crippen LogP contribution is -1.79. The van der Waals surface area contributed by atoms with Crippen LogP contribution in [-0.4, -0.2) is 0 Å². The number of fused-ring (bicyclic) bond motifs is 3. The molecule has 1 heterocycles. The highest BCUT2D eigenvalue weighted by Crippen LogP contribution is 2.31. The molecule has 1 heteroatoms. The van der Waals surface area contributed by atoms with Gasteiger partial charge in [-0.2, -0.15) is 0 Å². The summed E-state index contributed by atoms with van der Waals surface area (Å²) in [7, 11) is 0. The van der Waals surface area contributed by atoms with E-state index in [9.17, 15) is 0 Å². The summed E-state index contributed by atoms with van der Waals surface area (Å²) in [5, 5.41) is 1.82. The minimum Gasteiger partial charge on any atom is -0.456 e. The maximum Gasteiger partial charge on any atom is 0.138 e. The van der Waals surface area contributed by atoms with E-state index in [4.69, 9.17) is 8.53 Å². The standard InChI is InChI=1S/C14H12O/c1-9-7-8-12-11-5-3-4-6-13(11)15-14(12)10(9)2/h3-8H,1-2H3/i2D3. The molecule has 0 aliphatic rings. The molecular formula is C14H12O. The molecule has 0 saturated heterocycles. The second kappa shape index (κ2) is 2.86. The molecule has 0 aliphatic heterocycles. The lowest BCUT2D eigenvalue weighted by atomic mass is 10.1. The molecule has 0 bridgehead atoms. The van der Waals surface area contributed by atoms with Crippen LogP contribution in [0.15, 0.2) is 40.8 Å². The zero-order valence-corrected chi connectivity index (χ0v) is 8.37. The van der Waals surface area contributed by atoms with Crippen LogP contribution in [0.2, 0.25) is 0 Å². The highest BCUT2D eigenvalue weighted by molar-refractivity contribution is 6.05. The van der Waals surface area contributed by atoms with Gasteiger partial charge in [0.15, 0.2) is 0 Å². The summed E-state index contributed by atoms with van der Waals surface area (Å²) in [6.07, 6.45) is 0. The summed E-state index contributed by atoms with van der Waals surface area (Å²) in [6, 6.07) is 11.4. The van der Waals surface area contributed by atoms with Gasteiger partial charge in [0.1, 0.15) is 11.2 Å². The van der Waals surface area contributed by atoms with Gasteiger partial charge in [-0.1, -0.05) is 30.3 Å². The average Bonchev–Trinajstić information content (AvgIpc) is 2.64. The molecule has 15 heavy (non-hydrogen) atoms. The Morgan fingerprint density at radius 3 is 2.80 bits per heavy atom. The van der Waals surface area contributed by atoms with Crippen LogP contribution >= 0.6 is 0 Å². The lowest BCUT2D eigenvalue weighted by Gasteiger charge is -1.98. The molecule has 0 saturated carbocycles. The Labute approximate surface area is 92.5 Å². The van der Waals surface area contributed by atoms with Gasteiger partial charge >= 0.3 is 0 Å². The molecule has 74 valence electrons. The first kappa shape index (κ1) is 5.96. The Hall–Kier alpha value is -1.76. The molecule has 0 atom stereocenters. The monoisotopic (exact) mass is 199 g/mol. The van der Waals surface area contributed by atoms with Gasteiger partial charge in [0.25, 0.3) is 0 Å². The molecule has 3 rings (SSSR count). The summed E-state index contributed by atoms with van der Waals surface area (Å²) in [5.74, 6) is 0. The largest absolute Gasteiger partial charge is 0.456 e. The summed E-state index contributed by atoms with van der Waals surface area (Å²) in [5.41, 5.74) is 2.26. The highest BCUT2D eigenvalue weighted by atomic mass is 16.3. The van der Waals surface area contributed by atoms with Crippen molar-refractivity contribution in [2.75, 3.05) is 0 Å². The molecule has 2 aromatic carbocycles. The zero-order valence-electron chi connectivity index (χ0n) is 11.4. The molecule has 0 amide bonds. The van der Waals surface area contributed by atoms with Crippen LogP contribution in [0.4, 0.5) is 0 Å². The summed E-state index contributed by atoms with van der Waals surface area (Å²) < 4.78 is 28.7. The van der Waals surface area contributed by atoms with Gasteiger partial charge in [0.05, 0.1) is 0 Å². The number of rotatable bonds is 0. The Kier molecular flexibility index (Phi) is 1.14. The second-order valence-electron chi connectivity index (χ2n) is 3.73. The first-order valence-corrected chi connectivity index (χ1v) is 4.90. The van der Waals surface area contributed by atoms with Gasteiger partial charge in [-0.05, 0) is 31.0 Å². The van der Waals surface area contributed by atoms with Crippen LogP contribution in [0.5, 0.6) is 0 Å². The van der Waals surface area contributed by atoms with Gasteiger partial charge in [0.2, 0.25) is 0 Å². The van der Waals surface area contributed by atoms with E-state index in [1.165, 1.54) is 0 Å². The van der Waals surface area contributed by atoms with E-state index in [0.717, 1.165) is 21.9 Å². The van der Waals surface area contributed by atoms with E-state index in [0.29, 0.717) is 11.1 Å². The van der Waals surface area contributed by atoms with Crippen molar-refractivity contribution in [3.63, 3.8) is 0 Å². The Morgan fingerprint density at radius 1 is 1.07 bits per heavy atom. The van der Waals surface area contributed by atoms with Crippen molar-refractivity contribution in [3.8, 4) is 0 Å².